The Kier molecular flexibility index (Phi) is 4.49. The monoisotopic (exact) mass is 306 g/mol. The molecule has 1 aromatic rings. The molecule has 2 amide bonds. The third-order valence-electron chi connectivity index (χ3n) is 4.04. The summed E-state index contributed by atoms with van der Waals surface area (Å²) in [5.41, 5.74) is 0.766. The minimum Gasteiger partial charge on any atom is -0.494 e. The van der Waals surface area contributed by atoms with Crippen molar-refractivity contribution in [2.75, 3.05) is 38.2 Å². The Morgan fingerprint density at radius 2 is 1.86 bits per heavy atom. The molecular formula is C16H22N2O4. The predicted octanol–water partition coefficient (Wildman–Crippen LogP) is 2.46. The molecule has 1 N–H and O–H groups in total. The SMILES string of the molecule is CCOc1ccc(NC(=O)N2CCC3(CC2)OCCO3)cc1. The summed E-state index contributed by atoms with van der Waals surface area (Å²) in [6, 6.07) is 7.31. The number of benzene rings is 1. The van der Waals surface area contributed by atoms with Crippen molar-refractivity contribution in [2.45, 2.75) is 25.6 Å². The molecule has 2 saturated heterocycles. The molecule has 6 nitrogen and oxygen atoms in total. The Morgan fingerprint density at radius 3 is 2.45 bits per heavy atom. The van der Waals surface area contributed by atoms with Gasteiger partial charge < -0.3 is 24.4 Å². The largest absolute Gasteiger partial charge is 0.494 e. The topological polar surface area (TPSA) is 60.0 Å². The van der Waals surface area contributed by atoms with Gasteiger partial charge in [-0.3, -0.25) is 0 Å². The molecule has 3 rings (SSSR count). The molecule has 1 spiro atoms. The van der Waals surface area contributed by atoms with Crippen molar-refractivity contribution in [3.05, 3.63) is 24.3 Å². The van der Waals surface area contributed by atoms with Crippen LogP contribution in [0.3, 0.4) is 0 Å². The van der Waals surface area contributed by atoms with Crippen LogP contribution in [0.5, 0.6) is 5.75 Å². The summed E-state index contributed by atoms with van der Waals surface area (Å²) in [6.45, 7) is 5.16. The molecule has 22 heavy (non-hydrogen) atoms. The molecule has 0 aliphatic carbocycles. The van der Waals surface area contributed by atoms with Crippen molar-refractivity contribution >= 4 is 11.7 Å². The Morgan fingerprint density at radius 1 is 1.23 bits per heavy atom. The summed E-state index contributed by atoms with van der Waals surface area (Å²) in [5.74, 6) is 0.353. The summed E-state index contributed by atoms with van der Waals surface area (Å²) in [6.07, 6.45) is 1.45. The molecule has 2 fully saturated rings. The third-order valence-corrected chi connectivity index (χ3v) is 4.04. The quantitative estimate of drug-likeness (QED) is 0.932. The van der Waals surface area contributed by atoms with Crippen LogP contribution in [0, 0.1) is 0 Å². The molecular weight excluding hydrogens is 284 g/mol. The molecule has 0 saturated carbocycles. The second-order valence-corrected chi connectivity index (χ2v) is 5.48. The first-order valence-electron chi connectivity index (χ1n) is 7.77. The van der Waals surface area contributed by atoms with E-state index >= 15 is 0 Å². The number of carbonyl (C=O) groups is 1. The van der Waals surface area contributed by atoms with Gasteiger partial charge in [0.1, 0.15) is 5.75 Å². The second kappa shape index (κ2) is 6.54. The fraction of sp³-hybridized carbons (Fsp3) is 0.562. The summed E-state index contributed by atoms with van der Waals surface area (Å²) in [7, 11) is 0. The van der Waals surface area contributed by atoms with Crippen molar-refractivity contribution in [1.29, 1.82) is 0 Å². The van der Waals surface area contributed by atoms with Gasteiger partial charge in [-0.25, -0.2) is 4.79 Å². The minimum absolute atomic E-state index is 0.0861. The van der Waals surface area contributed by atoms with E-state index in [1.165, 1.54) is 0 Å². The first-order valence-corrected chi connectivity index (χ1v) is 7.77. The summed E-state index contributed by atoms with van der Waals surface area (Å²) < 4.78 is 16.7. The Hall–Kier alpha value is -1.79. The highest BCUT2D eigenvalue weighted by atomic mass is 16.7. The van der Waals surface area contributed by atoms with Gasteiger partial charge in [0.25, 0.3) is 0 Å². The summed E-state index contributed by atoms with van der Waals surface area (Å²) in [5, 5.41) is 2.91. The van der Waals surface area contributed by atoms with E-state index in [9.17, 15) is 4.79 Å². The van der Waals surface area contributed by atoms with Gasteiger partial charge in [0.05, 0.1) is 19.8 Å². The maximum atomic E-state index is 12.3. The molecule has 120 valence electrons. The van der Waals surface area contributed by atoms with Crippen molar-refractivity contribution in [1.82, 2.24) is 4.90 Å². The Bertz CT molecular complexity index is 501. The average Bonchev–Trinajstić information content (AvgIpc) is 2.98. The lowest BCUT2D eigenvalue weighted by Gasteiger charge is -2.37. The number of anilines is 1. The molecule has 6 heteroatoms. The van der Waals surface area contributed by atoms with Crippen molar-refractivity contribution in [3.8, 4) is 5.75 Å². The Balaban J connectivity index is 1.52. The number of hydrogen-bond donors (Lipinski definition) is 1. The van der Waals surface area contributed by atoms with Crippen LogP contribution in [-0.4, -0.2) is 49.6 Å². The van der Waals surface area contributed by atoms with Crippen LogP contribution < -0.4 is 10.1 Å². The number of rotatable bonds is 3. The van der Waals surface area contributed by atoms with E-state index in [-0.39, 0.29) is 6.03 Å². The number of nitrogens with one attached hydrogen (secondary N) is 1. The predicted molar refractivity (Wildman–Crippen MR) is 82.1 cm³/mol. The Labute approximate surface area is 130 Å². The number of likely N-dealkylation sites (tertiary alicyclic amines) is 1. The zero-order chi connectivity index (χ0) is 15.4. The second-order valence-electron chi connectivity index (χ2n) is 5.48. The highest BCUT2D eigenvalue weighted by Gasteiger charge is 2.40. The highest BCUT2D eigenvalue weighted by molar-refractivity contribution is 5.89. The van der Waals surface area contributed by atoms with E-state index in [1.807, 2.05) is 31.2 Å². The van der Waals surface area contributed by atoms with E-state index in [0.29, 0.717) is 32.9 Å². The standard InChI is InChI=1S/C16H22N2O4/c1-2-20-14-5-3-13(4-6-14)17-15(19)18-9-7-16(8-10-18)21-11-12-22-16/h3-6H,2,7-12H2,1H3,(H,17,19). The minimum atomic E-state index is -0.448. The third kappa shape index (κ3) is 3.34. The van der Waals surface area contributed by atoms with Crippen molar-refractivity contribution in [3.63, 3.8) is 0 Å². The number of urea groups is 1. The van der Waals surface area contributed by atoms with Gasteiger partial charge in [0.2, 0.25) is 0 Å². The zero-order valence-corrected chi connectivity index (χ0v) is 12.8. The van der Waals surface area contributed by atoms with Crippen LogP contribution >= 0.6 is 0 Å². The van der Waals surface area contributed by atoms with E-state index in [1.54, 1.807) is 4.90 Å². The van der Waals surface area contributed by atoms with E-state index in [4.69, 9.17) is 14.2 Å². The first kappa shape index (κ1) is 15.1. The average molecular weight is 306 g/mol. The fourth-order valence-corrected chi connectivity index (χ4v) is 2.84. The number of hydrogen-bond acceptors (Lipinski definition) is 4. The zero-order valence-electron chi connectivity index (χ0n) is 12.8. The van der Waals surface area contributed by atoms with Gasteiger partial charge in [0, 0.05) is 31.6 Å². The molecule has 0 bridgehead atoms. The van der Waals surface area contributed by atoms with E-state index in [2.05, 4.69) is 5.32 Å². The van der Waals surface area contributed by atoms with Crippen LogP contribution in [0.2, 0.25) is 0 Å². The molecule has 1 aromatic carbocycles. The highest BCUT2D eigenvalue weighted by Crippen LogP contribution is 2.31. The number of amides is 2. The van der Waals surface area contributed by atoms with Gasteiger partial charge in [0.15, 0.2) is 5.79 Å². The number of ether oxygens (including phenoxy) is 3. The lowest BCUT2D eigenvalue weighted by molar-refractivity contribution is -0.181. The smallest absolute Gasteiger partial charge is 0.321 e. The molecule has 2 aliphatic heterocycles. The molecule has 0 aromatic heterocycles. The van der Waals surface area contributed by atoms with Crippen molar-refractivity contribution in [2.24, 2.45) is 0 Å². The number of nitrogens with zero attached hydrogens (tertiary/aromatic N) is 1. The number of piperidine rings is 1. The number of carbonyl (C=O) groups excluding carboxylic acids is 1. The van der Waals surface area contributed by atoms with Gasteiger partial charge in [-0.2, -0.15) is 0 Å². The van der Waals surface area contributed by atoms with Gasteiger partial charge >= 0.3 is 6.03 Å². The van der Waals surface area contributed by atoms with Crippen LogP contribution in [0.25, 0.3) is 0 Å². The van der Waals surface area contributed by atoms with Gasteiger partial charge in [-0.1, -0.05) is 0 Å². The first-order chi connectivity index (χ1) is 10.7. The van der Waals surface area contributed by atoms with Crippen molar-refractivity contribution < 1.29 is 19.0 Å². The fourth-order valence-electron chi connectivity index (χ4n) is 2.84. The van der Waals surface area contributed by atoms with Crippen LogP contribution in [0.1, 0.15) is 19.8 Å². The maximum Gasteiger partial charge on any atom is 0.321 e. The normalized spacial score (nSPS) is 20.1. The van der Waals surface area contributed by atoms with E-state index in [0.717, 1.165) is 24.3 Å². The summed E-state index contributed by atoms with van der Waals surface area (Å²) >= 11 is 0. The van der Waals surface area contributed by atoms with Crippen LogP contribution in [0.15, 0.2) is 24.3 Å². The maximum absolute atomic E-state index is 12.3. The lowest BCUT2D eigenvalue weighted by atomic mass is 10.0. The van der Waals surface area contributed by atoms with Gasteiger partial charge in [-0.15, -0.1) is 0 Å². The summed E-state index contributed by atoms with van der Waals surface area (Å²) in [4.78, 5) is 14.1. The van der Waals surface area contributed by atoms with E-state index < -0.39 is 5.79 Å². The molecule has 0 atom stereocenters. The van der Waals surface area contributed by atoms with Crippen LogP contribution in [0.4, 0.5) is 10.5 Å². The molecule has 0 radical (unpaired) electrons. The molecule has 2 heterocycles. The van der Waals surface area contributed by atoms with Crippen LogP contribution in [-0.2, 0) is 9.47 Å². The lowest BCUT2D eigenvalue weighted by Crippen LogP contribution is -2.48. The molecule has 0 unspecified atom stereocenters. The van der Waals surface area contributed by atoms with Gasteiger partial charge in [-0.05, 0) is 31.2 Å². The molecule has 2 aliphatic rings.